The zero-order valence-corrected chi connectivity index (χ0v) is 26.5. The number of rotatable bonds is 5. The molecule has 0 fully saturated rings. The van der Waals surface area contributed by atoms with Gasteiger partial charge >= 0.3 is 21.7 Å². The summed E-state index contributed by atoms with van der Waals surface area (Å²) in [6.45, 7) is 11.6. The van der Waals surface area contributed by atoms with Crippen molar-refractivity contribution in [3.05, 3.63) is 124 Å². The van der Waals surface area contributed by atoms with Crippen molar-refractivity contribution in [2.45, 2.75) is 57.9 Å². The maximum atomic E-state index is 5.38. The summed E-state index contributed by atoms with van der Waals surface area (Å²) >= 11 is 0. The van der Waals surface area contributed by atoms with Crippen molar-refractivity contribution in [2.75, 3.05) is 0 Å². The van der Waals surface area contributed by atoms with Crippen LogP contribution in [0.5, 0.6) is 0 Å². The van der Waals surface area contributed by atoms with Crippen LogP contribution in [0.15, 0.2) is 96.2 Å². The number of benzene rings is 2. The Kier molecular flexibility index (Phi) is 13.1. The van der Waals surface area contributed by atoms with E-state index in [1.165, 1.54) is 10.6 Å². The van der Waals surface area contributed by atoms with Crippen LogP contribution in [-0.2, 0) is 21.7 Å². The summed E-state index contributed by atoms with van der Waals surface area (Å²) in [5.74, 6) is 0. The van der Waals surface area contributed by atoms with Gasteiger partial charge in [-0.1, -0.05) is 125 Å². The van der Waals surface area contributed by atoms with Gasteiger partial charge in [0.25, 0.3) is 0 Å². The van der Waals surface area contributed by atoms with Crippen LogP contribution in [0.25, 0.3) is 4.98 Å². The van der Waals surface area contributed by atoms with Gasteiger partial charge in [0.1, 0.15) is 0 Å². The fourth-order valence-electron chi connectivity index (χ4n) is 5.22. The maximum absolute atomic E-state index is 5.38. The Morgan fingerprint density at radius 1 is 0.857 bits per heavy atom. The van der Waals surface area contributed by atoms with Gasteiger partial charge in [0.15, 0.2) is 0 Å². The smallest absolute Gasteiger partial charge is 0.656 e. The maximum Gasteiger partial charge on any atom is 4.00 e. The van der Waals surface area contributed by atoms with Gasteiger partial charge in [-0.2, -0.15) is 0 Å². The van der Waals surface area contributed by atoms with Crippen LogP contribution in [0.1, 0.15) is 33.6 Å². The van der Waals surface area contributed by atoms with Crippen molar-refractivity contribution in [1.82, 2.24) is 0 Å². The third kappa shape index (κ3) is 7.73. The zero-order valence-electron chi connectivity index (χ0n) is 23.0. The van der Waals surface area contributed by atoms with E-state index in [0.29, 0.717) is 5.66 Å². The van der Waals surface area contributed by atoms with Crippen LogP contribution in [-0.4, -0.2) is 19.4 Å². The van der Waals surface area contributed by atoms with E-state index in [9.17, 15) is 0 Å². The van der Waals surface area contributed by atoms with Crippen LogP contribution in [0.2, 0.25) is 13.1 Å². The molecule has 0 aromatic heterocycles. The van der Waals surface area contributed by atoms with Crippen LogP contribution >= 0.6 is 7.92 Å². The monoisotopic (exact) mass is 537 g/mol. The van der Waals surface area contributed by atoms with E-state index in [1.807, 2.05) is 0 Å². The Balaban J connectivity index is 0.00000289. The van der Waals surface area contributed by atoms with Crippen LogP contribution < -0.4 is 10.6 Å². The third-order valence-electron chi connectivity index (χ3n) is 6.39. The Morgan fingerprint density at radius 3 is 1.80 bits per heavy atom. The molecular weight excluding hydrogens is 493 g/mol. The van der Waals surface area contributed by atoms with Crippen molar-refractivity contribution < 1.29 is 21.7 Å². The van der Waals surface area contributed by atoms with Gasteiger partial charge in [0.2, 0.25) is 0 Å². The van der Waals surface area contributed by atoms with Crippen molar-refractivity contribution in [2.24, 2.45) is 5.41 Å². The molecule has 0 aliphatic heterocycles. The van der Waals surface area contributed by atoms with Crippen LogP contribution in [0, 0.1) is 27.7 Å². The van der Waals surface area contributed by atoms with Gasteiger partial charge in [-0.25, -0.2) is 0 Å². The SMILES string of the molecule is CC(C)(C)[N-][Si](C)(C)C1=CC(P(c2ccccc2)c2ccccc2)C2(C=CC=CC2)C1.[CH3-].[CH3-].[CH3-].[Ti+4]. The summed E-state index contributed by atoms with van der Waals surface area (Å²) in [5.41, 5.74) is 0.665. The Hall–Kier alpha value is -1.02. The van der Waals surface area contributed by atoms with Crippen molar-refractivity contribution >= 4 is 26.8 Å². The van der Waals surface area contributed by atoms with E-state index < -0.39 is 16.2 Å². The first-order chi connectivity index (χ1) is 14.7. The minimum Gasteiger partial charge on any atom is -0.656 e. The zero-order chi connectivity index (χ0) is 22.1. The van der Waals surface area contributed by atoms with Crippen molar-refractivity contribution in [1.29, 1.82) is 0 Å². The first-order valence-corrected chi connectivity index (χ1v) is 15.8. The molecule has 4 rings (SSSR count). The molecule has 2 aliphatic carbocycles. The minimum atomic E-state index is -1.87. The largest absolute Gasteiger partial charge is 4.00 e. The molecule has 0 heterocycles. The second kappa shape index (κ2) is 13.5. The van der Waals surface area contributed by atoms with Crippen molar-refractivity contribution in [3.8, 4) is 0 Å². The molecular formula is C31H44NPSiTi. The molecule has 1 nitrogen and oxygen atoms in total. The fraction of sp³-hybridized carbons (Fsp3) is 0.323. The van der Waals surface area contributed by atoms with E-state index in [1.54, 1.807) is 5.20 Å². The summed E-state index contributed by atoms with van der Waals surface area (Å²) in [6, 6.07) is 22.4. The molecule has 1 spiro atoms. The summed E-state index contributed by atoms with van der Waals surface area (Å²) in [4.78, 5) is 5.38. The molecule has 4 heteroatoms. The summed E-state index contributed by atoms with van der Waals surface area (Å²) < 4.78 is 0. The van der Waals surface area contributed by atoms with Gasteiger partial charge in [-0.05, 0) is 39.6 Å². The van der Waals surface area contributed by atoms with E-state index in [-0.39, 0.29) is 55.0 Å². The predicted molar refractivity (Wildman–Crippen MR) is 161 cm³/mol. The molecule has 0 saturated carbocycles. The van der Waals surface area contributed by atoms with E-state index in [2.05, 4.69) is 125 Å². The molecule has 2 unspecified atom stereocenters. The number of allylic oxidation sites excluding steroid dienone is 6. The summed E-state index contributed by atoms with van der Waals surface area (Å²) in [6.07, 6.45) is 14.3. The van der Waals surface area contributed by atoms with Crippen LogP contribution in [0.3, 0.4) is 0 Å². The number of hydrogen-bond donors (Lipinski definition) is 0. The first kappa shape index (κ1) is 34.0. The summed E-state index contributed by atoms with van der Waals surface area (Å²) in [5, 5.41) is 4.58. The predicted octanol–water partition coefficient (Wildman–Crippen LogP) is 8.59. The quantitative estimate of drug-likeness (QED) is 0.206. The first-order valence-electron chi connectivity index (χ1n) is 11.4. The van der Waals surface area contributed by atoms with E-state index >= 15 is 0 Å². The van der Waals surface area contributed by atoms with Gasteiger partial charge in [0, 0.05) is 11.1 Å². The molecule has 2 atom stereocenters. The Bertz CT molecular complexity index is 952. The molecule has 0 amide bonds. The average molecular weight is 538 g/mol. The topological polar surface area (TPSA) is 14.1 Å². The molecule has 0 bridgehead atoms. The molecule has 0 N–H and O–H groups in total. The molecule has 0 saturated heterocycles. The van der Waals surface area contributed by atoms with E-state index in [4.69, 9.17) is 4.98 Å². The van der Waals surface area contributed by atoms with Crippen molar-refractivity contribution in [3.63, 3.8) is 0 Å². The molecule has 186 valence electrons. The Labute approximate surface area is 234 Å². The molecule has 2 aromatic rings. The second-order valence-electron chi connectivity index (χ2n) is 10.4. The van der Waals surface area contributed by atoms with Gasteiger partial charge in [-0.3, -0.25) is 0 Å². The summed E-state index contributed by atoms with van der Waals surface area (Å²) in [7, 11) is -2.38. The Morgan fingerprint density at radius 2 is 1.37 bits per heavy atom. The molecule has 0 radical (unpaired) electrons. The van der Waals surface area contributed by atoms with Gasteiger partial charge in [0.05, 0.1) is 0 Å². The second-order valence-corrected chi connectivity index (χ2v) is 16.7. The fourth-order valence-corrected chi connectivity index (χ4v) is 11.6. The minimum absolute atomic E-state index is 0. The molecule has 35 heavy (non-hydrogen) atoms. The number of hydrogen-bond acceptors (Lipinski definition) is 0. The average Bonchev–Trinajstić information content (AvgIpc) is 3.08. The molecule has 2 aromatic carbocycles. The molecule has 2 aliphatic rings. The van der Waals surface area contributed by atoms with Gasteiger partial charge < -0.3 is 27.3 Å². The van der Waals surface area contributed by atoms with E-state index in [0.717, 1.165) is 12.8 Å². The van der Waals surface area contributed by atoms with Gasteiger partial charge in [-0.15, -0.1) is 10.7 Å². The van der Waals surface area contributed by atoms with Crippen LogP contribution in [0.4, 0.5) is 0 Å². The number of nitrogens with zero attached hydrogens (tertiary/aromatic N) is 1. The standard InChI is InChI=1S/C28H35NPSi.3CH3.Ti/c1-27(2,3)29-31(4,5)25-21-26(28(22-25)19-13-8-14-20-28)30(23-15-9-6-10-16-23)24-17-11-7-12-18-24;;;;/h6-19,21,26H,20,22H2,1-5H3;3*1H3;/q4*-1;+4. The normalized spacial score (nSPS) is 20.9. The third-order valence-corrected chi connectivity index (χ3v) is 12.5.